The Balaban J connectivity index is 2.03. The van der Waals surface area contributed by atoms with Gasteiger partial charge >= 0.3 is 6.03 Å². The molecule has 8 nitrogen and oxygen atoms in total. The minimum Gasteiger partial charge on any atom is -0.371 e. The van der Waals surface area contributed by atoms with Gasteiger partial charge in [0.25, 0.3) is 0 Å². The van der Waals surface area contributed by atoms with Crippen LogP contribution >= 0.6 is 23.2 Å². The molecule has 0 aliphatic rings. The van der Waals surface area contributed by atoms with Gasteiger partial charge in [0.2, 0.25) is 5.95 Å². The Kier molecular flexibility index (Phi) is 8.10. The summed E-state index contributed by atoms with van der Waals surface area (Å²) in [5, 5.41) is 9.75. The second-order valence-corrected chi connectivity index (χ2v) is 7.28. The Hall–Kier alpha value is -2.29. The van der Waals surface area contributed by atoms with Gasteiger partial charge in [-0.1, -0.05) is 23.2 Å². The molecule has 152 valence electrons. The summed E-state index contributed by atoms with van der Waals surface area (Å²) in [6.45, 7) is 1.56. The molecule has 0 saturated heterocycles. The number of urea groups is 1. The average molecular weight is 426 g/mol. The first-order valence-electron chi connectivity index (χ1n) is 8.74. The number of nitrogens with zero attached hydrogens (tertiary/aromatic N) is 4. The molecule has 1 aromatic heterocycles. The molecule has 0 bridgehead atoms. The van der Waals surface area contributed by atoms with E-state index >= 15 is 0 Å². The number of rotatable bonds is 8. The van der Waals surface area contributed by atoms with E-state index in [0.717, 1.165) is 13.0 Å². The monoisotopic (exact) mass is 425 g/mol. The highest BCUT2D eigenvalue weighted by atomic mass is 35.5. The molecular formula is C18H25Cl2N7O. The minimum atomic E-state index is -0.218. The molecule has 0 fully saturated rings. The van der Waals surface area contributed by atoms with E-state index < -0.39 is 0 Å². The number of benzene rings is 1. The van der Waals surface area contributed by atoms with Crippen LogP contribution in [0.1, 0.15) is 6.42 Å². The molecule has 0 unspecified atom stereocenters. The summed E-state index contributed by atoms with van der Waals surface area (Å²) in [6, 6.07) is 4.93. The first kappa shape index (κ1) is 22.0. The quantitative estimate of drug-likeness (QED) is 0.592. The Morgan fingerprint density at radius 1 is 1.14 bits per heavy atom. The van der Waals surface area contributed by atoms with Crippen molar-refractivity contribution in [1.82, 2.24) is 19.8 Å². The molecule has 1 heterocycles. The molecule has 0 radical (unpaired) electrons. The van der Waals surface area contributed by atoms with Crippen molar-refractivity contribution in [3.05, 3.63) is 34.4 Å². The summed E-state index contributed by atoms with van der Waals surface area (Å²) in [5.74, 6) is 0.854. The molecule has 1 aromatic carbocycles. The fraction of sp³-hybridized carbons (Fsp3) is 0.389. The zero-order chi connectivity index (χ0) is 20.7. The van der Waals surface area contributed by atoms with E-state index in [-0.39, 0.29) is 6.03 Å². The van der Waals surface area contributed by atoms with Crippen molar-refractivity contribution in [3.8, 4) is 0 Å². The lowest BCUT2D eigenvalue weighted by Crippen LogP contribution is -2.33. The van der Waals surface area contributed by atoms with Gasteiger partial charge in [0.15, 0.2) is 5.82 Å². The smallest absolute Gasteiger partial charge is 0.321 e. The van der Waals surface area contributed by atoms with Crippen LogP contribution in [0.2, 0.25) is 10.0 Å². The maximum Gasteiger partial charge on any atom is 0.321 e. The number of aromatic nitrogens is 2. The van der Waals surface area contributed by atoms with Crippen molar-refractivity contribution in [1.29, 1.82) is 0 Å². The summed E-state index contributed by atoms with van der Waals surface area (Å²) in [6.07, 6.45) is 2.43. The zero-order valence-corrected chi connectivity index (χ0v) is 17.9. The topological polar surface area (TPSA) is 85.4 Å². The van der Waals surface area contributed by atoms with Crippen molar-refractivity contribution in [2.45, 2.75) is 6.42 Å². The lowest BCUT2D eigenvalue weighted by molar-refractivity contribution is 0.220. The van der Waals surface area contributed by atoms with Gasteiger partial charge in [-0.15, -0.1) is 0 Å². The van der Waals surface area contributed by atoms with Crippen LogP contribution in [0.5, 0.6) is 0 Å². The van der Waals surface area contributed by atoms with Crippen LogP contribution in [0.25, 0.3) is 0 Å². The Morgan fingerprint density at radius 3 is 2.54 bits per heavy atom. The summed E-state index contributed by atoms with van der Waals surface area (Å²) < 4.78 is 0. The van der Waals surface area contributed by atoms with Crippen LogP contribution in [0.3, 0.4) is 0 Å². The fourth-order valence-electron chi connectivity index (χ4n) is 2.36. The number of anilines is 4. The number of hydrogen-bond acceptors (Lipinski definition) is 6. The van der Waals surface area contributed by atoms with E-state index in [0.29, 0.717) is 39.7 Å². The van der Waals surface area contributed by atoms with E-state index in [9.17, 15) is 4.79 Å². The molecular weight excluding hydrogens is 401 g/mol. The maximum absolute atomic E-state index is 12.4. The van der Waals surface area contributed by atoms with Crippen LogP contribution in [0.4, 0.5) is 27.9 Å². The van der Waals surface area contributed by atoms with Gasteiger partial charge in [-0.3, -0.25) is 0 Å². The highest BCUT2D eigenvalue weighted by molar-refractivity contribution is 6.42. The van der Waals surface area contributed by atoms with Crippen LogP contribution in [0, 0.1) is 0 Å². The first-order valence-corrected chi connectivity index (χ1v) is 9.49. The summed E-state index contributed by atoms with van der Waals surface area (Å²) in [4.78, 5) is 24.7. The van der Waals surface area contributed by atoms with Gasteiger partial charge in [0, 0.05) is 26.3 Å². The molecule has 0 spiro atoms. The second kappa shape index (κ2) is 10.3. The Bertz CT molecular complexity index is 817. The zero-order valence-electron chi connectivity index (χ0n) is 16.4. The first-order chi connectivity index (χ1) is 13.3. The van der Waals surface area contributed by atoms with E-state index in [1.54, 1.807) is 43.4 Å². The van der Waals surface area contributed by atoms with Gasteiger partial charge in [-0.25, -0.2) is 9.78 Å². The molecule has 28 heavy (non-hydrogen) atoms. The van der Waals surface area contributed by atoms with Crippen molar-refractivity contribution < 1.29 is 4.79 Å². The number of hydrogen-bond donors (Lipinski definition) is 3. The van der Waals surface area contributed by atoms with Crippen LogP contribution < -0.4 is 16.0 Å². The van der Waals surface area contributed by atoms with Gasteiger partial charge in [-0.2, -0.15) is 4.98 Å². The second-order valence-electron chi connectivity index (χ2n) is 6.47. The molecule has 0 aliphatic heterocycles. The Morgan fingerprint density at radius 2 is 1.89 bits per heavy atom. The predicted molar refractivity (Wildman–Crippen MR) is 116 cm³/mol. The van der Waals surface area contributed by atoms with Crippen LogP contribution in [-0.2, 0) is 0 Å². The normalized spacial score (nSPS) is 10.7. The average Bonchev–Trinajstić information content (AvgIpc) is 2.65. The SMILES string of the molecule is CNc1nc(Nc2ccc(Cl)c(Cl)c2)ncc1NC(=O)N(C)CCCN(C)C. The number of halogens is 2. The van der Waals surface area contributed by atoms with Gasteiger partial charge in [-0.05, 0) is 45.3 Å². The van der Waals surface area contributed by atoms with E-state index in [1.807, 2.05) is 14.1 Å². The molecule has 0 atom stereocenters. The van der Waals surface area contributed by atoms with Crippen molar-refractivity contribution in [3.63, 3.8) is 0 Å². The van der Waals surface area contributed by atoms with Crippen LogP contribution in [-0.4, -0.2) is 67.1 Å². The molecule has 3 N–H and O–H groups in total. The molecule has 0 aliphatic carbocycles. The van der Waals surface area contributed by atoms with E-state index in [1.165, 1.54) is 0 Å². The maximum atomic E-state index is 12.4. The predicted octanol–water partition coefficient (Wildman–Crippen LogP) is 3.98. The molecule has 2 rings (SSSR count). The number of carbonyl (C=O) groups is 1. The number of carbonyl (C=O) groups excluding carboxylic acids is 1. The van der Waals surface area contributed by atoms with Crippen molar-refractivity contribution >= 4 is 52.4 Å². The summed E-state index contributed by atoms with van der Waals surface area (Å²) in [5.41, 5.74) is 1.19. The molecule has 2 amide bonds. The number of nitrogens with one attached hydrogen (secondary N) is 3. The third kappa shape index (κ3) is 6.40. The molecule has 2 aromatic rings. The standard InChI is InChI=1S/C18H25Cl2N7O/c1-21-16-15(24-18(28)27(4)9-5-8-26(2)3)11-22-17(25-16)23-12-6-7-13(19)14(20)10-12/h6-7,10-11H,5,8-9H2,1-4H3,(H,24,28)(H2,21,22,23,25). The lowest BCUT2D eigenvalue weighted by Gasteiger charge is -2.20. The van der Waals surface area contributed by atoms with Gasteiger partial charge in [0.05, 0.1) is 16.2 Å². The van der Waals surface area contributed by atoms with Crippen molar-refractivity contribution in [2.24, 2.45) is 0 Å². The number of amides is 2. The summed E-state index contributed by atoms with van der Waals surface area (Å²) in [7, 11) is 7.49. The van der Waals surface area contributed by atoms with E-state index in [2.05, 4.69) is 30.8 Å². The highest BCUT2D eigenvalue weighted by Crippen LogP contribution is 2.27. The van der Waals surface area contributed by atoms with E-state index in [4.69, 9.17) is 23.2 Å². The molecule has 10 heteroatoms. The van der Waals surface area contributed by atoms with Gasteiger partial charge < -0.3 is 25.8 Å². The third-order valence-electron chi connectivity index (χ3n) is 3.89. The highest BCUT2D eigenvalue weighted by Gasteiger charge is 2.13. The van der Waals surface area contributed by atoms with Crippen LogP contribution in [0.15, 0.2) is 24.4 Å². The minimum absolute atomic E-state index is 0.218. The lowest BCUT2D eigenvalue weighted by atomic mass is 10.3. The molecule has 0 saturated carbocycles. The largest absolute Gasteiger partial charge is 0.371 e. The fourth-order valence-corrected chi connectivity index (χ4v) is 2.66. The third-order valence-corrected chi connectivity index (χ3v) is 4.63. The summed E-state index contributed by atoms with van der Waals surface area (Å²) >= 11 is 11.9. The van der Waals surface area contributed by atoms with Crippen molar-refractivity contribution in [2.75, 3.05) is 57.2 Å². The Labute approximate surface area is 175 Å². The van der Waals surface area contributed by atoms with Gasteiger partial charge in [0.1, 0.15) is 5.69 Å².